The van der Waals surface area contributed by atoms with Crippen molar-refractivity contribution in [1.82, 2.24) is 10.2 Å². The van der Waals surface area contributed by atoms with E-state index in [1.807, 2.05) is 0 Å². The van der Waals surface area contributed by atoms with Crippen LogP contribution in [0.25, 0.3) is 0 Å². The fourth-order valence-corrected chi connectivity index (χ4v) is 2.81. The van der Waals surface area contributed by atoms with Gasteiger partial charge in [0.05, 0.1) is 7.11 Å². The summed E-state index contributed by atoms with van der Waals surface area (Å²) >= 11 is 0. The summed E-state index contributed by atoms with van der Waals surface area (Å²) in [6.45, 7) is 1.70. The Bertz CT molecular complexity index is 464. The predicted octanol–water partition coefficient (Wildman–Crippen LogP) is 1.36. The summed E-state index contributed by atoms with van der Waals surface area (Å²) in [7, 11) is 1.30. The number of amides is 3. The molecule has 20 heavy (non-hydrogen) atoms. The number of carbonyl (C=O) groups excluding carboxylic acids is 3. The standard InChI is InChI=1S/C14H20N2O4/c1-10(11(17)20-2)6-9-16-12(18)14(15-13(16)19)7-4-3-5-8-14/h6H,3-5,7-9H2,1-2H3,(H,15,19). The largest absolute Gasteiger partial charge is 0.466 e. The van der Waals surface area contributed by atoms with Crippen molar-refractivity contribution in [2.24, 2.45) is 0 Å². The quantitative estimate of drug-likeness (QED) is 0.481. The Balaban J connectivity index is 2.08. The van der Waals surface area contributed by atoms with E-state index in [0.717, 1.165) is 19.3 Å². The number of hydrogen-bond donors (Lipinski definition) is 1. The highest BCUT2D eigenvalue weighted by atomic mass is 16.5. The molecule has 110 valence electrons. The molecule has 0 aromatic rings. The van der Waals surface area contributed by atoms with Crippen LogP contribution in [0.3, 0.4) is 0 Å². The average Bonchev–Trinajstić information content (AvgIpc) is 2.67. The first kappa shape index (κ1) is 14.6. The van der Waals surface area contributed by atoms with E-state index < -0.39 is 11.5 Å². The van der Waals surface area contributed by atoms with Crippen molar-refractivity contribution in [3.05, 3.63) is 11.6 Å². The number of ether oxygens (including phenoxy) is 1. The molecule has 3 amide bonds. The molecule has 0 unspecified atom stereocenters. The van der Waals surface area contributed by atoms with E-state index in [1.54, 1.807) is 13.0 Å². The van der Waals surface area contributed by atoms with E-state index in [2.05, 4.69) is 10.1 Å². The molecular weight excluding hydrogens is 260 g/mol. The molecule has 0 bridgehead atoms. The fourth-order valence-electron chi connectivity index (χ4n) is 2.81. The number of urea groups is 1. The number of methoxy groups -OCH3 is 1. The Labute approximate surface area is 118 Å². The van der Waals surface area contributed by atoms with Crippen LogP contribution in [0.1, 0.15) is 39.0 Å². The second-order valence-corrected chi connectivity index (χ2v) is 5.37. The van der Waals surface area contributed by atoms with Crippen LogP contribution in [0.5, 0.6) is 0 Å². The van der Waals surface area contributed by atoms with Crippen molar-refractivity contribution >= 4 is 17.9 Å². The maximum Gasteiger partial charge on any atom is 0.333 e. The van der Waals surface area contributed by atoms with Crippen molar-refractivity contribution in [3.63, 3.8) is 0 Å². The normalized spacial score (nSPS) is 22.1. The number of rotatable bonds is 3. The number of carbonyl (C=O) groups is 3. The lowest BCUT2D eigenvalue weighted by Crippen LogP contribution is -2.48. The molecule has 1 aliphatic carbocycles. The van der Waals surface area contributed by atoms with Gasteiger partial charge in [0.1, 0.15) is 5.54 Å². The van der Waals surface area contributed by atoms with Crippen LogP contribution >= 0.6 is 0 Å². The summed E-state index contributed by atoms with van der Waals surface area (Å²) in [5.41, 5.74) is -0.319. The second kappa shape index (κ2) is 5.64. The summed E-state index contributed by atoms with van der Waals surface area (Å²) < 4.78 is 4.58. The number of nitrogens with one attached hydrogen (secondary N) is 1. The molecular formula is C14H20N2O4. The third kappa shape index (κ3) is 2.55. The molecule has 1 heterocycles. The molecule has 6 nitrogen and oxygen atoms in total. The van der Waals surface area contributed by atoms with Crippen LogP contribution in [-0.2, 0) is 14.3 Å². The van der Waals surface area contributed by atoms with Gasteiger partial charge in [-0.2, -0.15) is 0 Å². The molecule has 1 saturated carbocycles. The van der Waals surface area contributed by atoms with Crippen LogP contribution < -0.4 is 5.32 Å². The lowest BCUT2D eigenvalue weighted by atomic mass is 9.82. The monoisotopic (exact) mass is 280 g/mol. The zero-order valence-electron chi connectivity index (χ0n) is 11.9. The van der Waals surface area contributed by atoms with Crippen molar-refractivity contribution in [3.8, 4) is 0 Å². The molecule has 0 aromatic heterocycles. The van der Waals surface area contributed by atoms with E-state index in [9.17, 15) is 14.4 Å². The SMILES string of the molecule is COC(=O)C(C)=CCN1C(=O)NC2(CCCCC2)C1=O. The van der Waals surface area contributed by atoms with Gasteiger partial charge in [0.25, 0.3) is 5.91 Å². The second-order valence-electron chi connectivity index (χ2n) is 5.37. The van der Waals surface area contributed by atoms with Gasteiger partial charge < -0.3 is 10.1 Å². The maximum absolute atomic E-state index is 12.4. The molecule has 2 rings (SSSR count). The molecule has 0 radical (unpaired) electrons. The Morgan fingerprint density at radius 1 is 1.35 bits per heavy atom. The summed E-state index contributed by atoms with van der Waals surface area (Å²) in [5, 5.41) is 2.83. The van der Waals surface area contributed by atoms with Crippen molar-refractivity contribution in [2.45, 2.75) is 44.6 Å². The zero-order valence-corrected chi connectivity index (χ0v) is 11.9. The van der Waals surface area contributed by atoms with Crippen LogP contribution in [0.4, 0.5) is 4.79 Å². The number of esters is 1. The lowest BCUT2D eigenvalue weighted by molar-refractivity contribution is -0.136. The molecule has 2 fully saturated rings. The molecule has 2 aliphatic rings. The first-order valence-corrected chi connectivity index (χ1v) is 6.89. The lowest BCUT2D eigenvalue weighted by Gasteiger charge is -2.30. The van der Waals surface area contributed by atoms with Crippen LogP contribution in [0.2, 0.25) is 0 Å². The van der Waals surface area contributed by atoms with E-state index in [1.165, 1.54) is 12.0 Å². The van der Waals surface area contributed by atoms with Crippen molar-refractivity contribution in [2.75, 3.05) is 13.7 Å². The molecule has 0 atom stereocenters. The van der Waals surface area contributed by atoms with E-state index in [-0.39, 0.29) is 18.5 Å². The fraction of sp³-hybridized carbons (Fsp3) is 0.643. The Kier molecular flexibility index (Phi) is 4.11. The molecule has 6 heteroatoms. The Morgan fingerprint density at radius 3 is 2.60 bits per heavy atom. The van der Waals surface area contributed by atoms with Gasteiger partial charge in [0, 0.05) is 12.1 Å². The van der Waals surface area contributed by atoms with Gasteiger partial charge in [-0.15, -0.1) is 0 Å². The van der Waals surface area contributed by atoms with Gasteiger partial charge in [-0.25, -0.2) is 9.59 Å². The minimum atomic E-state index is -0.706. The summed E-state index contributed by atoms with van der Waals surface area (Å²) in [5.74, 6) is -0.624. The molecule has 0 aromatic carbocycles. The zero-order chi connectivity index (χ0) is 14.8. The first-order chi connectivity index (χ1) is 9.50. The van der Waals surface area contributed by atoms with Crippen molar-refractivity contribution < 1.29 is 19.1 Å². The molecule has 1 N–H and O–H groups in total. The van der Waals surface area contributed by atoms with E-state index in [0.29, 0.717) is 18.4 Å². The van der Waals surface area contributed by atoms with Gasteiger partial charge >= 0.3 is 12.0 Å². The van der Waals surface area contributed by atoms with E-state index >= 15 is 0 Å². The Hall–Kier alpha value is -1.85. The van der Waals surface area contributed by atoms with Crippen LogP contribution in [-0.4, -0.2) is 42.0 Å². The smallest absolute Gasteiger partial charge is 0.333 e. The number of nitrogens with zero attached hydrogens (tertiary/aromatic N) is 1. The van der Waals surface area contributed by atoms with Crippen LogP contribution in [0.15, 0.2) is 11.6 Å². The van der Waals surface area contributed by atoms with Gasteiger partial charge in [-0.3, -0.25) is 9.69 Å². The predicted molar refractivity (Wildman–Crippen MR) is 71.8 cm³/mol. The van der Waals surface area contributed by atoms with E-state index in [4.69, 9.17) is 0 Å². The Morgan fingerprint density at radius 2 is 2.00 bits per heavy atom. The van der Waals surface area contributed by atoms with Gasteiger partial charge in [-0.05, 0) is 19.8 Å². The van der Waals surface area contributed by atoms with Gasteiger partial charge in [0.15, 0.2) is 0 Å². The molecule has 1 spiro atoms. The minimum absolute atomic E-state index is 0.105. The highest BCUT2D eigenvalue weighted by Gasteiger charge is 2.50. The third-order valence-electron chi connectivity index (χ3n) is 4.04. The summed E-state index contributed by atoms with van der Waals surface area (Å²) in [6, 6.07) is -0.370. The highest BCUT2D eigenvalue weighted by Crippen LogP contribution is 2.33. The molecule has 1 aliphatic heterocycles. The maximum atomic E-state index is 12.4. The highest BCUT2D eigenvalue weighted by molar-refractivity contribution is 6.07. The van der Waals surface area contributed by atoms with Gasteiger partial charge in [-0.1, -0.05) is 25.3 Å². The summed E-state index contributed by atoms with van der Waals surface area (Å²) in [4.78, 5) is 36.9. The number of imide groups is 1. The first-order valence-electron chi connectivity index (χ1n) is 6.89. The molecule has 1 saturated heterocycles. The summed E-state index contributed by atoms with van der Waals surface area (Å²) in [6.07, 6.45) is 5.97. The topological polar surface area (TPSA) is 75.7 Å². The average molecular weight is 280 g/mol. The third-order valence-corrected chi connectivity index (χ3v) is 4.04. The van der Waals surface area contributed by atoms with Crippen molar-refractivity contribution in [1.29, 1.82) is 0 Å². The number of hydrogen-bond acceptors (Lipinski definition) is 4. The minimum Gasteiger partial charge on any atom is -0.466 e. The van der Waals surface area contributed by atoms with Gasteiger partial charge in [0.2, 0.25) is 0 Å². The van der Waals surface area contributed by atoms with Crippen LogP contribution in [0, 0.1) is 0 Å².